The summed E-state index contributed by atoms with van der Waals surface area (Å²) in [5.41, 5.74) is 0.0911. The van der Waals surface area contributed by atoms with Crippen molar-refractivity contribution in [3.8, 4) is 12.3 Å². The van der Waals surface area contributed by atoms with Gasteiger partial charge in [-0.3, -0.25) is 4.79 Å². The predicted molar refractivity (Wildman–Crippen MR) is 90.7 cm³/mol. The quantitative estimate of drug-likeness (QED) is 0.404. The van der Waals surface area contributed by atoms with Gasteiger partial charge in [0.1, 0.15) is 0 Å². The number of benzene rings is 1. The monoisotopic (exact) mass is 384 g/mol. The number of rotatable bonds is 8. The van der Waals surface area contributed by atoms with Gasteiger partial charge < -0.3 is 5.11 Å². The summed E-state index contributed by atoms with van der Waals surface area (Å²) in [5, 5.41) is 9.59. The number of carboxylic acids is 1. The molecule has 3 heteroatoms. The maximum absolute atomic E-state index is 11.7. The molecule has 1 atom stereocenters. The van der Waals surface area contributed by atoms with E-state index in [1.165, 1.54) is 0 Å². The first-order chi connectivity index (χ1) is 9.50. The maximum Gasteiger partial charge on any atom is 0.313 e. The first-order valence-electron chi connectivity index (χ1n) is 6.93. The van der Waals surface area contributed by atoms with Crippen LogP contribution in [0.5, 0.6) is 0 Å². The second-order valence-corrected chi connectivity index (χ2v) is 6.51. The van der Waals surface area contributed by atoms with Gasteiger partial charge in [0, 0.05) is 9.99 Å². The van der Waals surface area contributed by atoms with E-state index in [0.29, 0.717) is 6.42 Å². The molecule has 0 fully saturated rings. The normalized spacial score (nSPS) is 13.4. The molecule has 0 aliphatic rings. The standard InChI is InChI=1S/C17H21IO2/c1-3-4-5-6-7-8-12-17(2,16(19)20)14-10-9-11-15(18)13-14/h1,9-11,13H,4-8,12H2,2H3,(H,19,20). The van der Waals surface area contributed by atoms with Gasteiger partial charge in [-0.15, -0.1) is 12.3 Å². The molecule has 1 N–H and O–H groups in total. The summed E-state index contributed by atoms with van der Waals surface area (Å²) in [6.45, 7) is 1.82. The molecule has 0 saturated heterocycles. The minimum absolute atomic E-state index is 0.665. The van der Waals surface area contributed by atoms with Crippen molar-refractivity contribution >= 4 is 28.6 Å². The van der Waals surface area contributed by atoms with Gasteiger partial charge in [-0.25, -0.2) is 0 Å². The highest BCUT2D eigenvalue weighted by Gasteiger charge is 2.34. The molecule has 0 heterocycles. The van der Waals surface area contributed by atoms with Crippen LogP contribution >= 0.6 is 22.6 Å². The second-order valence-electron chi connectivity index (χ2n) is 5.27. The molecule has 0 radical (unpaired) electrons. The Kier molecular flexibility index (Phi) is 7.08. The molecule has 1 rings (SSSR count). The SMILES string of the molecule is C#CCCCCCCC(C)(C(=O)O)c1cccc(I)c1. The Bertz CT molecular complexity index is 490. The topological polar surface area (TPSA) is 37.3 Å². The van der Waals surface area contributed by atoms with E-state index in [-0.39, 0.29) is 0 Å². The van der Waals surface area contributed by atoms with Crippen molar-refractivity contribution in [3.05, 3.63) is 33.4 Å². The van der Waals surface area contributed by atoms with Gasteiger partial charge in [-0.1, -0.05) is 31.4 Å². The van der Waals surface area contributed by atoms with Crippen LogP contribution < -0.4 is 0 Å². The van der Waals surface area contributed by atoms with Crippen LogP contribution in [-0.4, -0.2) is 11.1 Å². The lowest BCUT2D eigenvalue weighted by Crippen LogP contribution is -2.32. The number of unbranched alkanes of at least 4 members (excludes halogenated alkanes) is 4. The van der Waals surface area contributed by atoms with Gasteiger partial charge in [0.2, 0.25) is 0 Å². The molecule has 0 spiro atoms. The number of aliphatic carboxylic acids is 1. The molecule has 1 aromatic rings. The Morgan fingerprint density at radius 2 is 2.05 bits per heavy atom. The van der Waals surface area contributed by atoms with Crippen LogP contribution in [-0.2, 0) is 10.2 Å². The fourth-order valence-corrected chi connectivity index (χ4v) is 2.81. The zero-order valence-electron chi connectivity index (χ0n) is 11.9. The zero-order chi connectivity index (χ0) is 15.0. The molecule has 108 valence electrons. The van der Waals surface area contributed by atoms with Crippen molar-refractivity contribution in [3.63, 3.8) is 0 Å². The van der Waals surface area contributed by atoms with E-state index in [1.807, 2.05) is 31.2 Å². The van der Waals surface area contributed by atoms with E-state index in [1.54, 1.807) is 0 Å². The predicted octanol–water partition coefficient (Wildman–Crippen LogP) is 4.61. The lowest BCUT2D eigenvalue weighted by Gasteiger charge is -2.25. The Balaban J connectivity index is 2.64. The number of hydrogen-bond acceptors (Lipinski definition) is 1. The highest BCUT2D eigenvalue weighted by Crippen LogP contribution is 2.31. The summed E-state index contributed by atoms with van der Waals surface area (Å²) in [6.07, 6.45) is 10.8. The molecule has 0 bridgehead atoms. The Morgan fingerprint density at radius 1 is 1.35 bits per heavy atom. The van der Waals surface area contributed by atoms with Crippen LogP contribution in [0.2, 0.25) is 0 Å². The first-order valence-corrected chi connectivity index (χ1v) is 8.01. The number of carbonyl (C=O) groups is 1. The van der Waals surface area contributed by atoms with Crippen LogP contribution in [0.3, 0.4) is 0 Å². The molecule has 0 aromatic heterocycles. The number of carboxylic acid groups (broad SMARTS) is 1. The molecule has 1 aromatic carbocycles. The summed E-state index contributed by atoms with van der Waals surface area (Å²) >= 11 is 2.22. The zero-order valence-corrected chi connectivity index (χ0v) is 14.0. The van der Waals surface area contributed by atoms with Crippen LogP contribution in [0.25, 0.3) is 0 Å². The van der Waals surface area contributed by atoms with E-state index in [2.05, 4.69) is 28.5 Å². The second kappa shape index (κ2) is 8.31. The van der Waals surface area contributed by atoms with Crippen molar-refractivity contribution < 1.29 is 9.90 Å². The highest BCUT2D eigenvalue weighted by molar-refractivity contribution is 14.1. The lowest BCUT2D eigenvalue weighted by molar-refractivity contribution is -0.143. The molecule has 2 nitrogen and oxygen atoms in total. The van der Waals surface area contributed by atoms with E-state index in [0.717, 1.165) is 41.2 Å². The fraction of sp³-hybridized carbons (Fsp3) is 0.471. The number of halogens is 1. The third-order valence-corrected chi connectivity index (χ3v) is 4.35. The summed E-state index contributed by atoms with van der Waals surface area (Å²) in [6, 6.07) is 7.78. The van der Waals surface area contributed by atoms with Crippen molar-refractivity contribution in [1.29, 1.82) is 0 Å². The average molecular weight is 384 g/mol. The third kappa shape index (κ3) is 4.82. The smallest absolute Gasteiger partial charge is 0.313 e. The Morgan fingerprint density at radius 3 is 2.65 bits per heavy atom. The van der Waals surface area contributed by atoms with Crippen molar-refractivity contribution in [1.82, 2.24) is 0 Å². The minimum Gasteiger partial charge on any atom is -0.481 e. The van der Waals surface area contributed by atoms with Gasteiger partial charge in [0.05, 0.1) is 5.41 Å². The Labute approximate surface area is 135 Å². The molecule has 1 unspecified atom stereocenters. The largest absolute Gasteiger partial charge is 0.481 e. The molecule has 0 amide bonds. The number of hydrogen-bond donors (Lipinski definition) is 1. The molecule has 0 aliphatic heterocycles. The highest BCUT2D eigenvalue weighted by atomic mass is 127. The molecule has 20 heavy (non-hydrogen) atoms. The third-order valence-electron chi connectivity index (χ3n) is 3.68. The molecule has 0 saturated carbocycles. The summed E-state index contributed by atoms with van der Waals surface area (Å²) in [7, 11) is 0. The fourth-order valence-electron chi connectivity index (χ4n) is 2.27. The summed E-state index contributed by atoms with van der Waals surface area (Å²) in [5.74, 6) is 1.88. The summed E-state index contributed by atoms with van der Waals surface area (Å²) < 4.78 is 1.07. The van der Waals surface area contributed by atoms with E-state index < -0.39 is 11.4 Å². The lowest BCUT2D eigenvalue weighted by atomic mass is 9.78. The van der Waals surface area contributed by atoms with Crippen LogP contribution in [0.1, 0.15) is 51.0 Å². The maximum atomic E-state index is 11.7. The minimum atomic E-state index is -0.798. The molecular weight excluding hydrogens is 363 g/mol. The molecular formula is C17H21IO2. The van der Waals surface area contributed by atoms with Gasteiger partial charge >= 0.3 is 5.97 Å². The van der Waals surface area contributed by atoms with Crippen molar-refractivity contribution in [2.45, 2.75) is 50.9 Å². The average Bonchev–Trinajstić information content (AvgIpc) is 2.42. The van der Waals surface area contributed by atoms with E-state index >= 15 is 0 Å². The van der Waals surface area contributed by atoms with Crippen LogP contribution in [0.15, 0.2) is 24.3 Å². The Hall–Kier alpha value is -1.02. The molecule has 0 aliphatic carbocycles. The number of terminal acetylenes is 1. The van der Waals surface area contributed by atoms with Gasteiger partial charge in [0.25, 0.3) is 0 Å². The van der Waals surface area contributed by atoms with Crippen molar-refractivity contribution in [2.24, 2.45) is 0 Å². The van der Waals surface area contributed by atoms with Crippen LogP contribution in [0, 0.1) is 15.9 Å². The van der Waals surface area contributed by atoms with Gasteiger partial charge in [0.15, 0.2) is 0 Å². The van der Waals surface area contributed by atoms with Crippen molar-refractivity contribution in [2.75, 3.05) is 0 Å². The van der Waals surface area contributed by atoms with Crippen LogP contribution in [0.4, 0.5) is 0 Å². The van der Waals surface area contributed by atoms with Gasteiger partial charge in [-0.2, -0.15) is 0 Å². The van der Waals surface area contributed by atoms with E-state index in [9.17, 15) is 9.90 Å². The summed E-state index contributed by atoms with van der Waals surface area (Å²) in [4.78, 5) is 11.7. The van der Waals surface area contributed by atoms with Gasteiger partial charge in [-0.05, 0) is 60.1 Å². The first kappa shape index (κ1) is 17.0. The van der Waals surface area contributed by atoms with E-state index in [4.69, 9.17) is 6.42 Å².